The third-order valence-corrected chi connectivity index (χ3v) is 3.95. The van der Waals surface area contributed by atoms with Crippen LogP contribution in [0.25, 0.3) is 0 Å². The fourth-order valence-electron chi connectivity index (χ4n) is 1.24. The number of nitrogens with two attached hydrogens (primary N) is 1. The van der Waals surface area contributed by atoms with Crippen LogP contribution in [0.15, 0.2) is 17.0 Å². The van der Waals surface area contributed by atoms with Gasteiger partial charge in [-0.2, -0.15) is 0 Å². The lowest BCUT2D eigenvalue weighted by Gasteiger charge is -2.06. The summed E-state index contributed by atoms with van der Waals surface area (Å²) in [5, 5.41) is 14.9. The van der Waals surface area contributed by atoms with Gasteiger partial charge in [0.1, 0.15) is 9.92 Å². The Morgan fingerprint density at radius 3 is 2.44 bits per heavy atom. The molecule has 1 aromatic rings. The van der Waals surface area contributed by atoms with E-state index in [0.29, 0.717) is 0 Å². The van der Waals surface area contributed by atoms with E-state index in [1.165, 1.54) is 0 Å². The highest BCUT2D eigenvalue weighted by Gasteiger charge is 2.28. The molecule has 0 saturated carbocycles. The number of carbonyl (C=O) groups is 1. The Labute approximate surface area is 115 Å². The van der Waals surface area contributed by atoms with Gasteiger partial charge in [0, 0.05) is 0 Å². The molecule has 0 bridgehead atoms. The molecular formula is C8H6BrClN2O5S. The quantitative estimate of drug-likeness (QED) is 0.378. The lowest BCUT2D eigenvalue weighted by molar-refractivity contribution is -0.385. The van der Waals surface area contributed by atoms with Crippen LogP contribution in [0.1, 0.15) is 10.4 Å². The summed E-state index contributed by atoms with van der Waals surface area (Å²) in [6.07, 6.45) is 0. The van der Waals surface area contributed by atoms with E-state index >= 15 is 0 Å². The maximum absolute atomic E-state index is 11.5. The maximum atomic E-state index is 11.5. The normalized spacial score (nSPS) is 11.3. The molecule has 0 heterocycles. The number of sulfonamides is 1. The summed E-state index contributed by atoms with van der Waals surface area (Å²) in [5.41, 5.74) is -1.05. The predicted octanol–water partition coefficient (Wildman–Crippen LogP) is 1.47. The number of primary sulfonamides is 1. The first-order valence-corrected chi connectivity index (χ1v) is 7.33. The Bertz CT molecular complexity index is 631. The van der Waals surface area contributed by atoms with Crippen molar-refractivity contribution < 1.29 is 18.1 Å². The molecule has 0 aliphatic carbocycles. The first-order chi connectivity index (χ1) is 8.20. The van der Waals surface area contributed by atoms with E-state index in [1.807, 2.05) is 0 Å². The number of Topliss-reactive ketones (excluding diaryl/α,β-unsaturated/α-hetero) is 1. The number of alkyl halides is 1. The van der Waals surface area contributed by atoms with E-state index in [-0.39, 0.29) is 10.9 Å². The van der Waals surface area contributed by atoms with Crippen LogP contribution in [0.3, 0.4) is 0 Å². The van der Waals surface area contributed by atoms with E-state index < -0.39 is 36.3 Å². The molecule has 0 unspecified atom stereocenters. The third-order valence-electron chi connectivity index (χ3n) is 1.99. The Kier molecular flexibility index (Phi) is 4.43. The summed E-state index contributed by atoms with van der Waals surface area (Å²) in [4.78, 5) is 20.8. The maximum Gasteiger partial charge on any atom is 0.300 e. The van der Waals surface area contributed by atoms with Crippen LogP contribution in [0.5, 0.6) is 0 Å². The Hall–Kier alpha value is -1.03. The fraction of sp³-hybridized carbons (Fsp3) is 0.125. The molecule has 98 valence electrons. The number of ketones is 1. The highest BCUT2D eigenvalue weighted by molar-refractivity contribution is 9.09. The molecule has 0 radical (unpaired) electrons. The summed E-state index contributed by atoms with van der Waals surface area (Å²) in [6.45, 7) is 0. The lowest BCUT2D eigenvalue weighted by Crippen LogP contribution is -2.15. The largest absolute Gasteiger partial charge is 0.300 e. The van der Waals surface area contributed by atoms with Crippen LogP contribution < -0.4 is 5.14 Å². The molecule has 0 saturated heterocycles. The minimum atomic E-state index is -4.20. The van der Waals surface area contributed by atoms with Crippen molar-refractivity contribution in [3.8, 4) is 0 Å². The topological polar surface area (TPSA) is 120 Å². The van der Waals surface area contributed by atoms with Gasteiger partial charge in [-0.15, -0.1) is 0 Å². The van der Waals surface area contributed by atoms with Crippen molar-refractivity contribution >= 4 is 49.0 Å². The Morgan fingerprint density at radius 2 is 2.06 bits per heavy atom. The number of halogens is 2. The zero-order valence-electron chi connectivity index (χ0n) is 8.59. The molecule has 0 fully saturated rings. The molecule has 1 aromatic carbocycles. The van der Waals surface area contributed by atoms with Crippen LogP contribution in [-0.4, -0.2) is 24.5 Å². The van der Waals surface area contributed by atoms with Gasteiger partial charge < -0.3 is 0 Å². The number of rotatable bonds is 4. The molecule has 0 atom stereocenters. The zero-order valence-corrected chi connectivity index (χ0v) is 11.8. The van der Waals surface area contributed by atoms with Crippen molar-refractivity contribution in [3.63, 3.8) is 0 Å². The Morgan fingerprint density at radius 1 is 1.50 bits per heavy atom. The van der Waals surface area contributed by atoms with Crippen molar-refractivity contribution in [1.82, 2.24) is 0 Å². The number of nitro groups is 1. The van der Waals surface area contributed by atoms with Crippen molar-refractivity contribution in [2.75, 3.05) is 5.33 Å². The first kappa shape index (κ1) is 15.0. The number of carbonyl (C=O) groups excluding carboxylic acids is 1. The van der Waals surface area contributed by atoms with Gasteiger partial charge in [0.15, 0.2) is 5.78 Å². The first-order valence-electron chi connectivity index (χ1n) is 4.29. The van der Waals surface area contributed by atoms with E-state index in [9.17, 15) is 23.3 Å². The average molecular weight is 358 g/mol. The second-order valence-corrected chi connectivity index (χ2v) is 5.60. The summed E-state index contributed by atoms with van der Waals surface area (Å²) >= 11 is 8.49. The van der Waals surface area contributed by atoms with Gasteiger partial charge in [-0.05, 0) is 12.1 Å². The summed E-state index contributed by atoms with van der Waals surface area (Å²) in [6, 6.07) is 1.97. The van der Waals surface area contributed by atoms with Crippen LogP contribution in [-0.2, 0) is 10.0 Å². The van der Waals surface area contributed by atoms with Crippen molar-refractivity contribution in [1.29, 1.82) is 0 Å². The second-order valence-electron chi connectivity index (χ2n) is 3.13. The van der Waals surface area contributed by atoms with Crippen LogP contribution in [0.4, 0.5) is 5.69 Å². The number of nitrogens with zero attached hydrogens (tertiary/aromatic N) is 1. The number of nitro benzene ring substituents is 1. The summed E-state index contributed by atoms with van der Waals surface area (Å²) in [7, 11) is -4.20. The van der Waals surface area contributed by atoms with Crippen molar-refractivity contribution in [2.24, 2.45) is 5.14 Å². The molecule has 10 heteroatoms. The van der Waals surface area contributed by atoms with E-state index in [1.54, 1.807) is 0 Å². The van der Waals surface area contributed by atoms with E-state index in [2.05, 4.69) is 15.9 Å². The molecule has 2 N–H and O–H groups in total. The number of benzene rings is 1. The minimum Gasteiger partial charge on any atom is -0.293 e. The smallest absolute Gasteiger partial charge is 0.293 e. The van der Waals surface area contributed by atoms with Crippen molar-refractivity contribution in [3.05, 3.63) is 32.8 Å². The molecular weight excluding hydrogens is 352 g/mol. The second kappa shape index (κ2) is 5.31. The number of hydrogen-bond acceptors (Lipinski definition) is 5. The molecule has 0 aromatic heterocycles. The van der Waals surface area contributed by atoms with Gasteiger partial charge in [-0.1, -0.05) is 27.5 Å². The lowest BCUT2D eigenvalue weighted by atomic mass is 10.1. The summed E-state index contributed by atoms with van der Waals surface area (Å²) < 4.78 is 22.3. The monoisotopic (exact) mass is 356 g/mol. The molecule has 0 aliphatic heterocycles. The molecule has 0 spiro atoms. The third kappa shape index (κ3) is 2.86. The Balaban J connectivity index is 3.69. The molecule has 0 aliphatic rings. The molecule has 7 nitrogen and oxygen atoms in total. The average Bonchev–Trinajstić information content (AvgIpc) is 2.25. The van der Waals surface area contributed by atoms with Crippen LogP contribution in [0.2, 0.25) is 5.02 Å². The van der Waals surface area contributed by atoms with Crippen molar-refractivity contribution in [2.45, 2.75) is 4.90 Å². The molecule has 18 heavy (non-hydrogen) atoms. The van der Waals surface area contributed by atoms with Gasteiger partial charge in [-0.25, -0.2) is 13.6 Å². The standard InChI is InChI=1S/C8H6BrClN2O5S/c9-3-5(13)4-1-2-6(18(11,16)17)7(10)8(4)12(14)15/h1-2H,3H2,(H2,11,16,17). The van der Waals surface area contributed by atoms with E-state index in [0.717, 1.165) is 12.1 Å². The van der Waals surface area contributed by atoms with Gasteiger partial charge >= 0.3 is 0 Å². The zero-order chi connectivity index (χ0) is 14.1. The van der Waals surface area contributed by atoms with Gasteiger partial charge in [0.2, 0.25) is 10.0 Å². The SMILES string of the molecule is NS(=O)(=O)c1ccc(C(=O)CBr)c([N+](=O)[O-])c1Cl. The fourth-order valence-corrected chi connectivity index (χ4v) is 2.70. The summed E-state index contributed by atoms with van der Waals surface area (Å²) in [5.74, 6) is -0.593. The minimum absolute atomic E-state index is 0.154. The molecule has 0 amide bonds. The highest BCUT2D eigenvalue weighted by atomic mass is 79.9. The van der Waals surface area contributed by atoms with Gasteiger partial charge in [0.05, 0.1) is 15.8 Å². The van der Waals surface area contributed by atoms with Gasteiger partial charge in [-0.3, -0.25) is 14.9 Å². The van der Waals surface area contributed by atoms with Gasteiger partial charge in [0.25, 0.3) is 5.69 Å². The van der Waals surface area contributed by atoms with Crippen LogP contribution in [0, 0.1) is 10.1 Å². The highest BCUT2D eigenvalue weighted by Crippen LogP contribution is 2.34. The predicted molar refractivity (Wildman–Crippen MR) is 67.6 cm³/mol. The van der Waals surface area contributed by atoms with Crippen LogP contribution >= 0.6 is 27.5 Å². The molecule has 1 rings (SSSR count). The van der Waals surface area contributed by atoms with E-state index in [4.69, 9.17) is 16.7 Å². The number of hydrogen-bond donors (Lipinski definition) is 1.